The second-order valence-corrected chi connectivity index (χ2v) is 8.62. The Balaban J connectivity index is 1.81. The van der Waals surface area contributed by atoms with Crippen LogP contribution in [0.4, 0.5) is 0 Å². The fourth-order valence-corrected chi connectivity index (χ4v) is 4.06. The Morgan fingerprint density at radius 3 is 2.52 bits per heavy atom. The summed E-state index contributed by atoms with van der Waals surface area (Å²) in [6, 6.07) is 15.4. The molecule has 6 heteroatoms. The van der Waals surface area contributed by atoms with Gasteiger partial charge in [-0.1, -0.05) is 60.6 Å². The molecule has 1 N–H and O–H groups in total. The molecule has 29 heavy (non-hydrogen) atoms. The molecule has 0 aliphatic carbocycles. The van der Waals surface area contributed by atoms with E-state index in [-0.39, 0.29) is 22.8 Å². The first-order valence-electron chi connectivity index (χ1n) is 9.92. The highest BCUT2D eigenvalue weighted by atomic mass is 32.2. The Kier molecular flexibility index (Phi) is 6.75. The normalized spacial score (nSPS) is 13.2. The number of aromatic nitrogens is 2. The molecule has 0 aliphatic rings. The molecule has 1 amide bonds. The Bertz CT molecular complexity index is 1060. The van der Waals surface area contributed by atoms with Crippen molar-refractivity contribution in [1.82, 2.24) is 14.9 Å². The maximum atomic E-state index is 13.0. The maximum Gasteiger partial charge on any atom is 0.262 e. The van der Waals surface area contributed by atoms with Gasteiger partial charge in [0.15, 0.2) is 5.16 Å². The lowest BCUT2D eigenvalue weighted by atomic mass is 10.1. The Labute approximate surface area is 175 Å². The second kappa shape index (κ2) is 9.27. The van der Waals surface area contributed by atoms with Gasteiger partial charge >= 0.3 is 0 Å². The summed E-state index contributed by atoms with van der Waals surface area (Å²) in [5, 5.41) is 3.80. The third kappa shape index (κ3) is 4.88. The van der Waals surface area contributed by atoms with E-state index in [1.54, 1.807) is 10.6 Å². The van der Waals surface area contributed by atoms with Gasteiger partial charge in [-0.2, -0.15) is 0 Å². The molecule has 1 aromatic heterocycles. The number of rotatable bonds is 7. The standard InChI is InChI=1S/C23H27N3O2S/c1-5-16(3)26-22(28)19-8-6-7-9-20(19)25-23(26)29-17(4)21(27)24-14-18-12-10-15(2)11-13-18/h6-13,16-17H,5,14H2,1-4H3,(H,24,27)/t16-,17+/m0/s1. The van der Waals surface area contributed by atoms with Gasteiger partial charge < -0.3 is 5.32 Å². The van der Waals surface area contributed by atoms with E-state index >= 15 is 0 Å². The van der Waals surface area contributed by atoms with E-state index in [2.05, 4.69) is 5.32 Å². The first-order valence-corrected chi connectivity index (χ1v) is 10.8. The molecule has 0 saturated carbocycles. The SMILES string of the molecule is CC[C@H](C)n1c(S[C@H](C)C(=O)NCc2ccc(C)cc2)nc2ccccc2c1=O. The fourth-order valence-electron chi connectivity index (χ4n) is 3.03. The van der Waals surface area contributed by atoms with Gasteiger partial charge in [-0.15, -0.1) is 0 Å². The van der Waals surface area contributed by atoms with Gasteiger partial charge in [-0.3, -0.25) is 14.2 Å². The predicted octanol–water partition coefficient (Wildman–Crippen LogP) is 4.47. The molecule has 2 aromatic carbocycles. The second-order valence-electron chi connectivity index (χ2n) is 7.31. The first kappa shape index (κ1) is 21.1. The third-order valence-electron chi connectivity index (χ3n) is 5.05. The zero-order chi connectivity index (χ0) is 21.0. The number of hydrogen-bond acceptors (Lipinski definition) is 4. The minimum atomic E-state index is -0.371. The summed E-state index contributed by atoms with van der Waals surface area (Å²) in [5.41, 5.74) is 2.85. The first-order chi connectivity index (χ1) is 13.9. The monoisotopic (exact) mass is 409 g/mol. The Hall–Kier alpha value is -2.60. The smallest absolute Gasteiger partial charge is 0.262 e. The molecule has 0 bridgehead atoms. The van der Waals surface area contributed by atoms with E-state index in [9.17, 15) is 9.59 Å². The van der Waals surface area contributed by atoms with Crippen LogP contribution in [0.25, 0.3) is 10.9 Å². The van der Waals surface area contributed by atoms with Crippen molar-refractivity contribution in [3.05, 3.63) is 70.0 Å². The third-order valence-corrected chi connectivity index (χ3v) is 6.11. The molecule has 2 atom stereocenters. The molecule has 0 unspecified atom stereocenters. The number of hydrogen-bond donors (Lipinski definition) is 1. The summed E-state index contributed by atoms with van der Waals surface area (Å²) in [6.07, 6.45) is 0.807. The molecule has 0 fully saturated rings. The minimum Gasteiger partial charge on any atom is -0.351 e. The summed E-state index contributed by atoms with van der Waals surface area (Å²) < 4.78 is 1.72. The molecular formula is C23H27N3O2S. The number of fused-ring (bicyclic) bond motifs is 1. The number of aryl methyl sites for hydroxylation is 1. The number of nitrogens with zero attached hydrogens (tertiary/aromatic N) is 2. The number of carbonyl (C=O) groups is 1. The van der Waals surface area contributed by atoms with E-state index in [0.717, 1.165) is 12.0 Å². The van der Waals surface area contributed by atoms with Crippen molar-refractivity contribution in [2.45, 2.75) is 57.1 Å². The van der Waals surface area contributed by atoms with Crippen molar-refractivity contribution in [3.63, 3.8) is 0 Å². The van der Waals surface area contributed by atoms with Crippen molar-refractivity contribution in [2.75, 3.05) is 0 Å². The molecule has 152 valence electrons. The summed E-state index contributed by atoms with van der Waals surface area (Å²) in [4.78, 5) is 30.4. The summed E-state index contributed by atoms with van der Waals surface area (Å²) in [6.45, 7) is 8.40. The van der Waals surface area contributed by atoms with Crippen molar-refractivity contribution < 1.29 is 4.79 Å². The van der Waals surface area contributed by atoms with Gasteiger partial charge in [-0.05, 0) is 44.9 Å². The highest BCUT2D eigenvalue weighted by molar-refractivity contribution is 8.00. The van der Waals surface area contributed by atoms with Crippen LogP contribution in [0.2, 0.25) is 0 Å². The number of carbonyl (C=O) groups excluding carboxylic acids is 1. The molecule has 3 aromatic rings. The van der Waals surface area contributed by atoms with Gasteiger partial charge in [0.05, 0.1) is 16.2 Å². The van der Waals surface area contributed by atoms with Crippen molar-refractivity contribution in [1.29, 1.82) is 0 Å². The van der Waals surface area contributed by atoms with Crippen LogP contribution in [0.1, 0.15) is 44.4 Å². The van der Waals surface area contributed by atoms with Crippen LogP contribution >= 0.6 is 11.8 Å². The van der Waals surface area contributed by atoms with Crippen LogP contribution in [-0.2, 0) is 11.3 Å². The van der Waals surface area contributed by atoms with Crippen molar-refractivity contribution in [2.24, 2.45) is 0 Å². The predicted molar refractivity (Wildman–Crippen MR) is 119 cm³/mol. The topological polar surface area (TPSA) is 64.0 Å². The van der Waals surface area contributed by atoms with Gasteiger partial charge in [-0.25, -0.2) is 4.98 Å². The van der Waals surface area contributed by atoms with E-state index in [1.165, 1.54) is 17.3 Å². The highest BCUT2D eigenvalue weighted by Gasteiger charge is 2.21. The largest absolute Gasteiger partial charge is 0.351 e. The molecule has 3 rings (SSSR count). The van der Waals surface area contributed by atoms with Crippen molar-refractivity contribution in [3.8, 4) is 0 Å². The van der Waals surface area contributed by atoms with E-state index in [1.807, 2.05) is 70.2 Å². The van der Waals surface area contributed by atoms with E-state index < -0.39 is 0 Å². The number of nitrogens with one attached hydrogen (secondary N) is 1. The van der Waals surface area contributed by atoms with Crippen LogP contribution < -0.4 is 10.9 Å². The number of para-hydroxylation sites is 1. The van der Waals surface area contributed by atoms with Crippen LogP contribution in [0.15, 0.2) is 58.5 Å². The summed E-state index contributed by atoms with van der Waals surface area (Å²) in [5.74, 6) is -0.0753. The van der Waals surface area contributed by atoms with Gasteiger partial charge in [0, 0.05) is 12.6 Å². The zero-order valence-corrected chi connectivity index (χ0v) is 18.1. The van der Waals surface area contributed by atoms with Gasteiger partial charge in [0.25, 0.3) is 5.56 Å². The highest BCUT2D eigenvalue weighted by Crippen LogP contribution is 2.26. The molecular weight excluding hydrogens is 382 g/mol. The zero-order valence-electron chi connectivity index (χ0n) is 17.3. The number of benzene rings is 2. The summed E-state index contributed by atoms with van der Waals surface area (Å²) in [7, 11) is 0. The quantitative estimate of drug-likeness (QED) is 0.462. The molecule has 0 spiro atoms. The minimum absolute atomic E-state index is 0.00456. The van der Waals surface area contributed by atoms with Crippen LogP contribution in [0.3, 0.4) is 0 Å². The van der Waals surface area contributed by atoms with E-state index in [4.69, 9.17) is 4.98 Å². The van der Waals surface area contributed by atoms with Crippen molar-refractivity contribution >= 4 is 28.6 Å². The van der Waals surface area contributed by atoms with Crippen LogP contribution in [-0.4, -0.2) is 20.7 Å². The van der Waals surface area contributed by atoms with Gasteiger partial charge in [0.2, 0.25) is 5.91 Å². The lowest BCUT2D eigenvalue weighted by Gasteiger charge is -2.20. The Morgan fingerprint density at radius 1 is 1.14 bits per heavy atom. The lowest BCUT2D eigenvalue weighted by molar-refractivity contribution is -0.120. The average molecular weight is 410 g/mol. The molecule has 5 nitrogen and oxygen atoms in total. The fraction of sp³-hybridized carbons (Fsp3) is 0.348. The van der Waals surface area contributed by atoms with Crippen LogP contribution in [0.5, 0.6) is 0 Å². The number of amides is 1. The molecule has 0 aliphatic heterocycles. The molecule has 1 heterocycles. The molecule has 0 radical (unpaired) electrons. The average Bonchev–Trinajstić information content (AvgIpc) is 2.72. The summed E-state index contributed by atoms with van der Waals surface area (Å²) >= 11 is 1.33. The lowest BCUT2D eigenvalue weighted by Crippen LogP contribution is -2.32. The van der Waals surface area contributed by atoms with E-state index in [0.29, 0.717) is 22.6 Å². The van der Waals surface area contributed by atoms with Crippen LogP contribution in [0, 0.1) is 6.92 Å². The Morgan fingerprint density at radius 2 is 1.83 bits per heavy atom. The van der Waals surface area contributed by atoms with Gasteiger partial charge in [0.1, 0.15) is 0 Å². The maximum absolute atomic E-state index is 13.0. The molecule has 0 saturated heterocycles. The number of thioether (sulfide) groups is 1.